The lowest BCUT2D eigenvalue weighted by atomic mass is 9.96. The number of aromatic nitrogens is 3. The largest absolute Gasteiger partial charge is 0.497 e. The van der Waals surface area contributed by atoms with Crippen LogP contribution in [0.2, 0.25) is 0 Å². The lowest BCUT2D eigenvalue weighted by Gasteiger charge is -2.29. The molecule has 2 aromatic heterocycles. The van der Waals surface area contributed by atoms with Crippen LogP contribution in [-0.4, -0.2) is 46.4 Å². The minimum atomic E-state index is -0.511. The van der Waals surface area contributed by atoms with E-state index >= 15 is 0 Å². The summed E-state index contributed by atoms with van der Waals surface area (Å²) in [6.45, 7) is 4.57. The summed E-state index contributed by atoms with van der Waals surface area (Å²) in [6.07, 6.45) is 4.57. The Balaban J connectivity index is 1.92. The van der Waals surface area contributed by atoms with Gasteiger partial charge in [0.2, 0.25) is 5.95 Å². The van der Waals surface area contributed by atoms with E-state index in [9.17, 15) is 5.11 Å². The van der Waals surface area contributed by atoms with Crippen molar-refractivity contribution in [2.45, 2.75) is 45.2 Å². The van der Waals surface area contributed by atoms with Crippen molar-refractivity contribution in [2.75, 3.05) is 31.5 Å². The summed E-state index contributed by atoms with van der Waals surface area (Å²) in [5.41, 5.74) is 1.78. The molecule has 1 aromatic carbocycles. The maximum absolute atomic E-state index is 10.0. The normalized spacial score (nSPS) is 12.9. The van der Waals surface area contributed by atoms with Gasteiger partial charge in [0.1, 0.15) is 17.0 Å². The van der Waals surface area contributed by atoms with E-state index in [-0.39, 0.29) is 6.61 Å². The Kier molecular flexibility index (Phi) is 8.09. The number of methoxy groups -OCH3 is 2. The molecule has 0 saturated heterocycles. The summed E-state index contributed by atoms with van der Waals surface area (Å²) >= 11 is 3.47. The number of unbranched alkanes of at least 4 members (excludes halogenated alkanes) is 1. The van der Waals surface area contributed by atoms with Gasteiger partial charge in [-0.2, -0.15) is 4.98 Å². The van der Waals surface area contributed by atoms with Crippen molar-refractivity contribution in [2.24, 2.45) is 0 Å². The molecule has 9 heteroatoms. The molecule has 2 heterocycles. The number of rotatable bonds is 11. The predicted octanol–water partition coefficient (Wildman–Crippen LogP) is 4.77. The van der Waals surface area contributed by atoms with E-state index in [1.54, 1.807) is 20.4 Å². The van der Waals surface area contributed by atoms with Gasteiger partial charge in [-0.15, -0.1) is 0 Å². The monoisotopic (exact) mass is 503 g/mol. The van der Waals surface area contributed by atoms with Gasteiger partial charge >= 0.3 is 0 Å². The van der Waals surface area contributed by atoms with E-state index in [4.69, 9.17) is 9.47 Å². The van der Waals surface area contributed by atoms with Gasteiger partial charge in [-0.05, 0) is 47.5 Å². The van der Waals surface area contributed by atoms with Crippen molar-refractivity contribution in [1.29, 1.82) is 0 Å². The van der Waals surface area contributed by atoms with E-state index in [0.29, 0.717) is 35.1 Å². The van der Waals surface area contributed by atoms with Gasteiger partial charge in [-0.3, -0.25) is 0 Å². The molecule has 0 aliphatic rings. The lowest BCUT2D eigenvalue weighted by molar-refractivity contribution is 0.212. The summed E-state index contributed by atoms with van der Waals surface area (Å²) in [7, 11) is 3.25. The van der Waals surface area contributed by atoms with Crippen molar-refractivity contribution < 1.29 is 14.6 Å². The summed E-state index contributed by atoms with van der Waals surface area (Å²) < 4.78 is 11.6. The first-order valence-electron chi connectivity index (χ1n) is 10.6. The van der Waals surface area contributed by atoms with Crippen LogP contribution in [0, 0.1) is 0 Å². The molecule has 1 atom stereocenters. The zero-order valence-corrected chi connectivity index (χ0v) is 20.5. The Labute approximate surface area is 196 Å². The summed E-state index contributed by atoms with van der Waals surface area (Å²) in [6, 6.07) is 7.56. The minimum absolute atomic E-state index is 0.0131. The molecule has 0 radical (unpaired) electrons. The highest BCUT2D eigenvalue weighted by atomic mass is 79.9. The third-order valence-corrected chi connectivity index (χ3v) is 5.72. The highest BCUT2D eigenvalue weighted by molar-refractivity contribution is 9.10. The number of ether oxygens (including phenoxy) is 2. The SMILES string of the molecule is CCCCC(C)(CO)Nc1nc(NCc2ccc(OC)cc2OC)nc2cc(Br)cnc12. The molecule has 3 rings (SSSR count). The number of anilines is 2. The molecule has 0 amide bonds. The van der Waals surface area contributed by atoms with Crippen LogP contribution in [0.4, 0.5) is 11.8 Å². The van der Waals surface area contributed by atoms with Crippen LogP contribution in [0.1, 0.15) is 38.7 Å². The fraction of sp³-hybridized carbons (Fsp3) is 0.435. The van der Waals surface area contributed by atoms with E-state index in [2.05, 4.69) is 48.4 Å². The average Bonchev–Trinajstić information content (AvgIpc) is 2.81. The van der Waals surface area contributed by atoms with Crippen molar-refractivity contribution in [3.8, 4) is 11.5 Å². The molecule has 172 valence electrons. The number of fused-ring (bicyclic) bond motifs is 1. The number of pyridine rings is 1. The Morgan fingerprint density at radius 1 is 1.16 bits per heavy atom. The second-order valence-electron chi connectivity index (χ2n) is 7.90. The Morgan fingerprint density at radius 3 is 2.66 bits per heavy atom. The maximum Gasteiger partial charge on any atom is 0.225 e. The van der Waals surface area contributed by atoms with Gasteiger partial charge in [-0.1, -0.05) is 19.8 Å². The van der Waals surface area contributed by atoms with Gasteiger partial charge in [0, 0.05) is 28.8 Å². The number of benzene rings is 1. The van der Waals surface area contributed by atoms with E-state index in [1.165, 1.54) is 0 Å². The summed E-state index contributed by atoms with van der Waals surface area (Å²) in [5, 5.41) is 16.7. The number of hydrogen-bond acceptors (Lipinski definition) is 8. The third-order valence-electron chi connectivity index (χ3n) is 5.29. The van der Waals surface area contributed by atoms with Crippen LogP contribution >= 0.6 is 15.9 Å². The van der Waals surface area contributed by atoms with Crippen molar-refractivity contribution in [3.63, 3.8) is 0 Å². The molecule has 0 aliphatic carbocycles. The quantitative estimate of drug-likeness (QED) is 0.343. The lowest BCUT2D eigenvalue weighted by Crippen LogP contribution is -2.39. The zero-order chi connectivity index (χ0) is 23.1. The Bertz CT molecular complexity index is 1070. The van der Waals surface area contributed by atoms with Gasteiger partial charge in [-0.25, -0.2) is 9.97 Å². The number of hydrogen-bond donors (Lipinski definition) is 3. The van der Waals surface area contributed by atoms with Crippen molar-refractivity contribution in [1.82, 2.24) is 15.0 Å². The number of nitrogens with zero attached hydrogens (tertiary/aromatic N) is 3. The van der Waals surface area contributed by atoms with Crippen molar-refractivity contribution in [3.05, 3.63) is 40.5 Å². The second-order valence-corrected chi connectivity index (χ2v) is 8.81. The number of halogens is 1. The molecular formula is C23H30BrN5O3. The molecular weight excluding hydrogens is 474 g/mol. The van der Waals surface area contributed by atoms with Gasteiger partial charge in [0.25, 0.3) is 0 Å². The molecule has 0 fully saturated rings. The fourth-order valence-corrected chi connectivity index (χ4v) is 3.69. The average molecular weight is 504 g/mol. The van der Waals surface area contributed by atoms with E-state index < -0.39 is 5.54 Å². The molecule has 3 N–H and O–H groups in total. The zero-order valence-electron chi connectivity index (χ0n) is 18.9. The molecule has 0 bridgehead atoms. The van der Waals surface area contributed by atoms with Crippen LogP contribution < -0.4 is 20.1 Å². The molecule has 0 aliphatic heterocycles. The molecule has 32 heavy (non-hydrogen) atoms. The topological polar surface area (TPSA) is 101 Å². The first-order valence-corrected chi connectivity index (χ1v) is 11.4. The highest BCUT2D eigenvalue weighted by Crippen LogP contribution is 2.28. The van der Waals surface area contributed by atoms with Crippen LogP contribution in [0.5, 0.6) is 11.5 Å². The van der Waals surface area contributed by atoms with Gasteiger partial charge in [0.15, 0.2) is 5.82 Å². The fourth-order valence-electron chi connectivity index (χ4n) is 3.37. The van der Waals surface area contributed by atoms with Crippen LogP contribution in [-0.2, 0) is 6.54 Å². The number of aliphatic hydroxyl groups is 1. The van der Waals surface area contributed by atoms with Gasteiger partial charge in [0.05, 0.1) is 31.9 Å². The van der Waals surface area contributed by atoms with Crippen LogP contribution in [0.25, 0.3) is 11.0 Å². The molecule has 0 saturated carbocycles. The van der Waals surface area contributed by atoms with E-state index in [1.807, 2.05) is 31.2 Å². The Morgan fingerprint density at radius 2 is 1.97 bits per heavy atom. The first-order chi connectivity index (χ1) is 15.4. The third kappa shape index (κ3) is 5.77. The minimum Gasteiger partial charge on any atom is -0.497 e. The maximum atomic E-state index is 10.0. The predicted molar refractivity (Wildman–Crippen MR) is 131 cm³/mol. The summed E-state index contributed by atoms with van der Waals surface area (Å²) in [4.78, 5) is 13.8. The van der Waals surface area contributed by atoms with Crippen LogP contribution in [0.3, 0.4) is 0 Å². The summed E-state index contributed by atoms with van der Waals surface area (Å²) in [5.74, 6) is 2.48. The first kappa shape index (κ1) is 24.0. The number of nitrogens with one attached hydrogen (secondary N) is 2. The highest BCUT2D eigenvalue weighted by Gasteiger charge is 2.25. The second kappa shape index (κ2) is 10.8. The standard InChI is InChI=1S/C23H30BrN5O3/c1-5-6-9-23(2,14-30)29-21-20-18(10-16(24)13-25-20)27-22(28-21)26-12-15-7-8-17(31-3)11-19(15)32-4/h7-8,10-11,13,30H,5-6,9,12,14H2,1-4H3,(H2,26,27,28,29). The number of aliphatic hydroxyl groups excluding tert-OH is 1. The Hall–Kier alpha value is -2.65. The van der Waals surface area contributed by atoms with Crippen LogP contribution in [0.15, 0.2) is 34.9 Å². The molecule has 8 nitrogen and oxygen atoms in total. The van der Waals surface area contributed by atoms with Gasteiger partial charge < -0.3 is 25.2 Å². The van der Waals surface area contributed by atoms with Crippen molar-refractivity contribution >= 4 is 38.7 Å². The molecule has 0 spiro atoms. The molecule has 3 aromatic rings. The smallest absolute Gasteiger partial charge is 0.225 e. The van der Waals surface area contributed by atoms with E-state index in [0.717, 1.165) is 35.0 Å². The molecule has 1 unspecified atom stereocenters.